The number of pyridine rings is 1. The molecule has 118 valence electrons. The summed E-state index contributed by atoms with van der Waals surface area (Å²) in [4.78, 5) is 4.19. The summed E-state index contributed by atoms with van der Waals surface area (Å²) in [6.45, 7) is 3.91. The largest absolute Gasteiger partial charge is 0.474 e. The normalized spacial score (nSPS) is 21.6. The number of aromatic nitrogens is 1. The highest BCUT2D eigenvalue weighted by molar-refractivity contribution is 6.30. The lowest BCUT2D eigenvalue weighted by atomic mass is 9.86. The van der Waals surface area contributed by atoms with Crippen molar-refractivity contribution in [2.45, 2.75) is 18.9 Å². The number of halogens is 1. The number of nitriles is 1. The summed E-state index contributed by atoms with van der Waals surface area (Å²) < 4.78 is 5.99. The van der Waals surface area contributed by atoms with Gasteiger partial charge in [-0.2, -0.15) is 5.26 Å². The average molecular weight is 328 g/mol. The minimum atomic E-state index is 0.0195. The molecule has 1 aromatic carbocycles. The average Bonchev–Trinajstić information content (AvgIpc) is 3.06. The monoisotopic (exact) mass is 327 g/mol. The van der Waals surface area contributed by atoms with E-state index in [1.165, 1.54) is 11.8 Å². The lowest BCUT2D eigenvalue weighted by molar-refractivity contribution is 0.145. The van der Waals surface area contributed by atoms with Crippen molar-refractivity contribution in [1.29, 1.82) is 5.26 Å². The van der Waals surface area contributed by atoms with Gasteiger partial charge in [0, 0.05) is 42.2 Å². The van der Waals surface area contributed by atoms with Crippen LogP contribution in [-0.2, 0) is 0 Å². The van der Waals surface area contributed by atoms with E-state index in [0.29, 0.717) is 23.3 Å². The van der Waals surface area contributed by atoms with Crippen LogP contribution in [0.4, 0.5) is 0 Å². The molecule has 2 aromatic rings. The van der Waals surface area contributed by atoms with E-state index in [0.717, 1.165) is 18.1 Å². The summed E-state index contributed by atoms with van der Waals surface area (Å²) in [5.74, 6) is 1.30. The molecular weight excluding hydrogens is 310 g/mol. The van der Waals surface area contributed by atoms with Crippen LogP contribution < -0.4 is 10.1 Å². The second-order valence-corrected chi connectivity index (χ2v) is 6.24. The third-order valence-electron chi connectivity index (χ3n) is 4.33. The van der Waals surface area contributed by atoms with E-state index in [4.69, 9.17) is 21.6 Å². The predicted octanol–water partition coefficient (Wildman–Crippen LogP) is 3.38. The first kappa shape index (κ1) is 15.8. The molecule has 0 radical (unpaired) electrons. The minimum absolute atomic E-state index is 0.0195. The summed E-state index contributed by atoms with van der Waals surface area (Å²) in [7, 11) is 0. The Labute approximate surface area is 141 Å². The van der Waals surface area contributed by atoms with Crippen molar-refractivity contribution in [2.24, 2.45) is 5.92 Å². The number of rotatable bonds is 4. The van der Waals surface area contributed by atoms with Crippen molar-refractivity contribution in [2.75, 3.05) is 13.1 Å². The van der Waals surface area contributed by atoms with E-state index in [9.17, 15) is 0 Å². The smallest absolute Gasteiger partial charge is 0.213 e. The maximum Gasteiger partial charge on any atom is 0.213 e. The highest BCUT2D eigenvalue weighted by atomic mass is 35.5. The highest BCUT2D eigenvalue weighted by Crippen LogP contribution is 2.32. The van der Waals surface area contributed by atoms with Crippen LogP contribution in [0.25, 0.3) is 0 Å². The zero-order valence-corrected chi connectivity index (χ0v) is 13.6. The third-order valence-corrected chi connectivity index (χ3v) is 4.59. The van der Waals surface area contributed by atoms with E-state index in [1.807, 2.05) is 12.1 Å². The van der Waals surface area contributed by atoms with Crippen LogP contribution in [0, 0.1) is 17.2 Å². The van der Waals surface area contributed by atoms with Crippen molar-refractivity contribution in [3.63, 3.8) is 0 Å². The fourth-order valence-electron chi connectivity index (χ4n) is 3.06. The molecule has 1 fully saturated rings. The summed E-state index contributed by atoms with van der Waals surface area (Å²) in [6, 6.07) is 13.5. The number of hydrogen-bond donors (Lipinski definition) is 1. The molecule has 1 aliphatic rings. The summed E-state index contributed by atoms with van der Waals surface area (Å²) >= 11 is 5.98. The van der Waals surface area contributed by atoms with Gasteiger partial charge >= 0.3 is 0 Å². The maximum absolute atomic E-state index is 8.81. The van der Waals surface area contributed by atoms with E-state index in [2.05, 4.69) is 35.4 Å². The molecule has 1 N–H and O–H groups in total. The summed E-state index contributed by atoms with van der Waals surface area (Å²) in [6.07, 6.45) is 1.55. The summed E-state index contributed by atoms with van der Waals surface area (Å²) in [5, 5.41) is 13.0. The van der Waals surface area contributed by atoms with E-state index in [1.54, 1.807) is 12.1 Å². The van der Waals surface area contributed by atoms with E-state index >= 15 is 0 Å². The van der Waals surface area contributed by atoms with Crippen LogP contribution in [-0.4, -0.2) is 24.2 Å². The molecular formula is C18H18ClN3O. The number of nitrogens with zero attached hydrogens (tertiary/aromatic N) is 2. The first-order valence-corrected chi connectivity index (χ1v) is 8.04. The molecule has 3 atom stereocenters. The van der Waals surface area contributed by atoms with Gasteiger partial charge in [0.05, 0.1) is 5.56 Å². The van der Waals surface area contributed by atoms with Crippen LogP contribution in [0.3, 0.4) is 0 Å². The molecule has 1 saturated heterocycles. The van der Waals surface area contributed by atoms with Gasteiger partial charge in [-0.25, -0.2) is 4.98 Å². The topological polar surface area (TPSA) is 57.9 Å². The Morgan fingerprint density at radius 2 is 2.04 bits per heavy atom. The van der Waals surface area contributed by atoms with Gasteiger partial charge in [0.2, 0.25) is 5.88 Å². The molecule has 4 nitrogen and oxygen atoms in total. The Balaban J connectivity index is 1.71. The van der Waals surface area contributed by atoms with Crippen molar-refractivity contribution in [3.8, 4) is 11.9 Å². The molecule has 1 aliphatic heterocycles. The SMILES string of the molecule is C[C@H](Oc1ccc(C#N)cn1)[C@H]1CNC[C@@H]1c1ccc(Cl)cc1. The number of hydrogen-bond acceptors (Lipinski definition) is 4. The van der Waals surface area contributed by atoms with Gasteiger partial charge in [-0.15, -0.1) is 0 Å². The van der Waals surface area contributed by atoms with Crippen LogP contribution in [0.5, 0.6) is 5.88 Å². The van der Waals surface area contributed by atoms with Crippen molar-refractivity contribution in [1.82, 2.24) is 10.3 Å². The van der Waals surface area contributed by atoms with Crippen LogP contribution in [0.1, 0.15) is 24.0 Å². The van der Waals surface area contributed by atoms with Crippen LogP contribution in [0.2, 0.25) is 5.02 Å². The molecule has 0 bridgehead atoms. The van der Waals surface area contributed by atoms with Gasteiger partial charge in [-0.3, -0.25) is 0 Å². The zero-order valence-electron chi connectivity index (χ0n) is 12.9. The fraction of sp³-hybridized carbons (Fsp3) is 0.333. The van der Waals surface area contributed by atoms with Gasteiger partial charge in [-0.05, 0) is 30.7 Å². The van der Waals surface area contributed by atoms with Gasteiger partial charge in [0.1, 0.15) is 12.2 Å². The molecule has 1 aromatic heterocycles. The molecule has 0 spiro atoms. The van der Waals surface area contributed by atoms with Crippen LogP contribution >= 0.6 is 11.6 Å². The predicted molar refractivity (Wildman–Crippen MR) is 89.6 cm³/mol. The minimum Gasteiger partial charge on any atom is -0.474 e. The molecule has 0 saturated carbocycles. The van der Waals surface area contributed by atoms with E-state index in [-0.39, 0.29) is 6.10 Å². The Bertz CT molecular complexity index is 694. The quantitative estimate of drug-likeness (QED) is 0.935. The number of benzene rings is 1. The van der Waals surface area contributed by atoms with E-state index < -0.39 is 0 Å². The Morgan fingerprint density at radius 1 is 1.26 bits per heavy atom. The summed E-state index contributed by atoms with van der Waals surface area (Å²) in [5.41, 5.74) is 1.80. The first-order chi connectivity index (χ1) is 11.2. The lowest BCUT2D eigenvalue weighted by Gasteiger charge is -2.25. The second kappa shape index (κ2) is 6.99. The maximum atomic E-state index is 8.81. The Hall–Kier alpha value is -2.09. The van der Waals surface area contributed by atoms with Crippen molar-refractivity contribution < 1.29 is 4.74 Å². The number of nitrogens with one attached hydrogen (secondary N) is 1. The Kier molecular flexibility index (Phi) is 4.80. The first-order valence-electron chi connectivity index (χ1n) is 7.66. The molecule has 5 heteroatoms. The molecule has 3 rings (SSSR count). The third kappa shape index (κ3) is 3.64. The molecule has 2 heterocycles. The van der Waals surface area contributed by atoms with Crippen molar-refractivity contribution >= 4 is 11.6 Å². The van der Waals surface area contributed by atoms with Gasteiger partial charge in [0.25, 0.3) is 0 Å². The molecule has 0 amide bonds. The molecule has 0 aliphatic carbocycles. The van der Waals surface area contributed by atoms with Gasteiger partial charge in [-0.1, -0.05) is 23.7 Å². The lowest BCUT2D eigenvalue weighted by Crippen LogP contribution is -2.29. The highest BCUT2D eigenvalue weighted by Gasteiger charge is 2.33. The molecule has 23 heavy (non-hydrogen) atoms. The Morgan fingerprint density at radius 3 is 2.70 bits per heavy atom. The standard InChI is InChI=1S/C18H18ClN3O/c1-12(23-18-7-2-13(8-20)9-22-18)16-10-21-11-17(16)14-3-5-15(19)6-4-14/h2-7,9,12,16-17,21H,10-11H2,1H3/t12-,16+,17+/m0/s1. The van der Waals surface area contributed by atoms with Crippen LogP contribution in [0.15, 0.2) is 42.6 Å². The van der Waals surface area contributed by atoms with Crippen molar-refractivity contribution in [3.05, 3.63) is 58.7 Å². The zero-order chi connectivity index (χ0) is 16.2. The van der Waals surface area contributed by atoms with Gasteiger partial charge in [0.15, 0.2) is 0 Å². The second-order valence-electron chi connectivity index (χ2n) is 5.80. The number of ether oxygens (including phenoxy) is 1. The van der Waals surface area contributed by atoms with Gasteiger partial charge < -0.3 is 10.1 Å². The fourth-order valence-corrected chi connectivity index (χ4v) is 3.19. The molecule has 0 unspecified atom stereocenters.